The monoisotopic (exact) mass is 407 g/mol. The third-order valence-corrected chi connectivity index (χ3v) is 6.66. The summed E-state index contributed by atoms with van der Waals surface area (Å²) in [6.45, 7) is 5.72. The highest BCUT2D eigenvalue weighted by atomic mass is 16.1. The van der Waals surface area contributed by atoms with Gasteiger partial charge in [-0.2, -0.15) is 0 Å². The molecule has 2 aliphatic heterocycles. The van der Waals surface area contributed by atoms with Crippen LogP contribution in [0.3, 0.4) is 0 Å². The molecule has 0 radical (unpaired) electrons. The molecular formula is C25H33N3O2. The van der Waals surface area contributed by atoms with Crippen molar-refractivity contribution in [3.05, 3.63) is 46.5 Å². The Morgan fingerprint density at radius 1 is 1.07 bits per heavy atom. The van der Waals surface area contributed by atoms with Gasteiger partial charge in [0.25, 0.3) is 0 Å². The molecule has 0 bridgehead atoms. The molecule has 4 rings (SSSR count). The van der Waals surface area contributed by atoms with Crippen molar-refractivity contribution in [3.63, 3.8) is 0 Å². The largest absolute Gasteiger partial charge is 0.304 e. The van der Waals surface area contributed by atoms with Gasteiger partial charge in [0.1, 0.15) is 6.54 Å². The second-order valence-electron chi connectivity index (χ2n) is 8.90. The maximum atomic E-state index is 12.7. The first-order chi connectivity index (χ1) is 14.6. The van der Waals surface area contributed by atoms with Gasteiger partial charge in [0.05, 0.1) is 0 Å². The van der Waals surface area contributed by atoms with Gasteiger partial charge in [-0.3, -0.25) is 14.6 Å². The maximum Gasteiger partial charge on any atom is 0.180 e. The zero-order valence-corrected chi connectivity index (χ0v) is 18.2. The standard InChI is InChI=1S/C25H33N3O2/c1-27-12-14-28(15-13-27)11-5-10-24(29)20-7-4-6-19(16-20)17-23-21-8-2-3-9-22(21)25(30)18-26-23/h4,6-7,16H,2-3,5,8-15,17-18H2,1H3. The smallest absolute Gasteiger partial charge is 0.180 e. The number of nitrogens with zero attached hydrogens (tertiary/aromatic N) is 3. The number of benzene rings is 1. The van der Waals surface area contributed by atoms with Crippen LogP contribution in [0.4, 0.5) is 0 Å². The molecule has 1 saturated heterocycles. The van der Waals surface area contributed by atoms with Gasteiger partial charge in [-0.15, -0.1) is 0 Å². The van der Waals surface area contributed by atoms with Crippen LogP contribution in [-0.2, 0) is 11.2 Å². The molecule has 0 spiro atoms. The van der Waals surface area contributed by atoms with Gasteiger partial charge in [-0.1, -0.05) is 18.2 Å². The highest BCUT2D eigenvalue weighted by molar-refractivity contribution is 6.14. The molecule has 0 atom stereocenters. The van der Waals surface area contributed by atoms with Crippen molar-refractivity contribution in [1.82, 2.24) is 9.80 Å². The molecule has 30 heavy (non-hydrogen) atoms. The Balaban J connectivity index is 1.34. The van der Waals surface area contributed by atoms with Crippen molar-refractivity contribution >= 4 is 17.3 Å². The molecule has 0 saturated carbocycles. The molecule has 1 aliphatic carbocycles. The predicted octanol–water partition coefficient (Wildman–Crippen LogP) is 3.33. The average molecular weight is 408 g/mol. The van der Waals surface area contributed by atoms with E-state index in [-0.39, 0.29) is 11.6 Å². The van der Waals surface area contributed by atoms with Crippen molar-refractivity contribution < 1.29 is 9.59 Å². The van der Waals surface area contributed by atoms with E-state index in [9.17, 15) is 9.59 Å². The number of Topliss-reactive ketones (excluding diaryl/α,β-unsaturated/α-hetero) is 2. The molecular weight excluding hydrogens is 374 g/mol. The quantitative estimate of drug-likeness (QED) is 0.651. The lowest BCUT2D eigenvalue weighted by atomic mass is 9.83. The van der Waals surface area contributed by atoms with Gasteiger partial charge in [-0.05, 0) is 62.9 Å². The van der Waals surface area contributed by atoms with E-state index in [0.717, 1.165) is 87.2 Å². The highest BCUT2D eigenvalue weighted by Crippen LogP contribution is 2.30. The molecule has 0 unspecified atom stereocenters. The molecule has 160 valence electrons. The third kappa shape index (κ3) is 5.13. The van der Waals surface area contributed by atoms with E-state index in [0.29, 0.717) is 19.4 Å². The second-order valence-corrected chi connectivity index (χ2v) is 8.90. The Kier molecular flexibility index (Phi) is 6.90. The van der Waals surface area contributed by atoms with Crippen LogP contribution in [0.2, 0.25) is 0 Å². The van der Waals surface area contributed by atoms with Crippen LogP contribution in [0.5, 0.6) is 0 Å². The lowest BCUT2D eigenvalue weighted by Gasteiger charge is -2.32. The number of allylic oxidation sites excluding steroid dienone is 1. The summed E-state index contributed by atoms with van der Waals surface area (Å²) >= 11 is 0. The zero-order valence-electron chi connectivity index (χ0n) is 18.2. The van der Waals surface area contributed by atoms with Crippen LogP contribution >= 0.6 is 0 Å². The Bertz CT molecular complexity index is 863. The van der Waals surface area contributed by atoms with E-state index in [1.54, 1.807) is 0 Å². The number of carbonyl (C=O) groups is 2. The third-order valence-electron chi connectivity index (χ3n) is 6.66. The van der Waals surface area contributed by atoms with Crippen molar-refractivity contribution in [1.29, 1.82) is 0 Å². The zero-order chi connectivity index (χ0) is 20.9. The molecule has 5 nitrogen and oxygen atoms in total. The fraction of sp³-hybridized carbons (Fsp3) is 0.560. The Morgan fingerprint density at radius 2 is 1.83 bits per heavy atom. The van der Waals surface area contributed by atoms with Crippen LogP contribution in [0, 0.1) is 0 Å². The summed E-state index contributed by atoms with van der Waals surface area (Å²) in [6, 6.07) is 8.01. The number of aliphatic imine (C=N–C) groups is 1. The summed E-state index contributed by atoms with van der Waals surface area (Å²) in [5, 5.41) is 0. The van der Waals surface area contributed by atoms with Crippen LogP contribution in [0.25, 0.3) is 0 Å². The Hall–Kier alpha value is -2.11. The van der Waals surface area contributed by atoms with Crippen molar-refractivity contribution in [2.45, 2.75) is 44.9 Å². The van der Waals surface area contributed by atoms with E-state index in [4.69, 9.17) is 0 Å². The van der Waals surface area contributed by atoms with Gasteiger partial charge < -0.3 is 9.80 Å². The summed E-state index contributed by atoms with van der Waals surface area (Å²) in [4.78, 5) is 34.3. The Labute approximate surface area is 179 Å². The number of piperazine rings is 1. The highest BCUT2D eigenvalue weighted by Gasteiger charge is 2.26. The number of dihydropyridines is 1. The lowest BCUT2D eigenvalue weighted by molar-refractivity contribution is -0.114. The number of carbonyl (C=O) groups excluding carboxylic acids is 2. The van der Waals surface area contributed by atoms with Gasteiger partial charge in [0, 0.05) is 55.9 Å². The molecule has 2 heterocycles. The molecule has 1 fully saturated rings. The van der Waals surface area contributed by atoms with E-state index in [1.807, 2.05) is 18.2 Å². The van der Waals surface area contributed by atoms with Crippen molar-refractivity contribution in [2.24, 2.45) is 4.99 Å². The minimum atomic E-state index is 0.206. The van der Waals surface area contributed by atoms with Gasteiger partial charge in [-0.25, -0.2) is 0 Å². The Morgan fingerprint density at radius 3 is 2.63 bits per heavy atom. The number of rotatable bonds is 7. The van der Waals surface area contributed by atoms with Gasteiger partial charge in [0.2, 0.25) is 0 Å². The summed E-state index contributed by atoms with van der Waals surface area (Å²) < 4.78 is 0. The lowest BCUT2D eigenvalue weighted by Crippen LogP contribution is -2.44. The second kappa shape index (κ2) is 9.80. The van der Waals surface area contributed by atoms with Crippen LogP contribution in [0.15, 0.2) is 40.4 Å². The first-order valence-corrected chi connectivity index (χ1v) is 11.4. The topological polar surface area (TPSA) is 53.0 Å². The van der Waals surface area contributed by atoms with Crippen LogP contribution < -0.4 is 0 Å². The molecule has 0 N–H and O–H groups in total. The summed E-state index contributed by atoms with van der Waals surface area (Å²) in [5.41, 5.74) is 5.18. The molecule has 1 aromatic rings. The molecule has 0 amide bonds. The maximum absolute atomic E-state index is 12.7. The average Bonchev–Trinajstić information content (AvgIpc) is 2.77. The number of hydrogen-bond donors (Lipinski definition) is 0. The summed E-state index contributed by atoms with van der Waals surface area (Å²) in [7, 11) is 2.16. The molecule has 5 heteroatoms. The van der Waals surface area contributed by atoms with E-state index < -0.39 is 0 Å². The van der Waals surface area contributed by atoms with Gasteiger partial charge in [0.15, 0.2) is 11.6 Å². The number of hydrogen-bond acceptors (Lipinski definition) is 5. The minimum Gasteiger partial charge on any atom is -0.304 e. The fourth-order valence-corrected chi connectivity index (χ4v) is 4.78. The minimum absolute atomic E-state index is 0.206. The fourth-order valence-electron chi connectivity index (χ4n) is 4.78. The summed E-state index contributed by atoms with van der Waals surface area (Å²) in [5.74, 6) is 0.432. The normalized spacial score (nSPS) is 20.8. The predicted molar refractivity (Wildman–Crippen MR) is 120 cm³/mol. The number of ketones is 2. The van der Waals surface area contributed by atoms with Crippen LogP contribution in [0.1, 0.15) is 54.4 Å². The molecule has 0 aromatic heterocycles. The van der Waals surface area contributed by atoms with Crippen LogP contribution in [-0.4, -0.2) is 73.4 Å². The molecule has 1 aromatic carbocycles. The first-order valence-electron chi connectivity index (χ1n) is 11.4. The van der Waals surface area contributed by atoms with E-state index in [1.165, 1.54) is 5.57 Å². The van der Waals surface area contributed by atoms with Crippen molar-refractivity contribution in [2.75, 3.05) is 46.3 Å². The van der Waals surface area contributed by atoms with E-state index >= 15 is 0 Å². The van der Waals surface area contributed by atoms with Gasteiger partial charge >= 0.3 is 0 Å². The number of likely N-dealkylation sites (N-methyl/N-ethyl adjacent to an activating group) is 1. The summed E-state index contributed by atoms with van der Waals surface area (Å²) in [6.07, 6.45) is 6.34. The van der Waals surface area contributed by atoms with E-state index in [2.05, 4.69) is 27.9 Å². The SMILES string of the molecule is CN1CCN(CCCC(=O)c2cccc(CC3=NCC(=O)C4=C3CCCC4)c2)CC1. The van der Waals surface area contributed by atoms with Crippen molar-refractivity contribution in [3.8, 4) is 0 Å². The molecule has 3 aliphatic rings. The first kappa shape index (κ1) is 21.1.